The van der Waals surface area contributed by atoms with Gasteiger partial charge >= 0.3 is 12.1 Å². The van der Waals surface area contributed by atoms with Crippen LogP contribution >= 0.6 is 0 Å². The zero-order valence-corrected chi connectivity index (χ0v) is 11.8. The summed E-state index contributed by atoms with van der Waals surface area (Å²) >= 11 is 0. The molecule has 22 heavy (non-hydrogen) atoms. The highest BCUT2D eigenvalue weighted by Gasteiger charge is 2.16. The molecule has 0 spiro atoms. The molecule has 7 nitrogen and oxygen atoms in total. The van der Waals surface area contributed by atoms with Crippen molar-refractivity contribution in [3.05, 3.63) is 53.9 Å². The van der Waals surface area contributed by atoms with Gasteiger partial charge in [0.2, 0.25) is 0 Å². The van der Waals surface area contributed by atoms with Crippen LogP contribution in [0.1, 0.15) is 16.1 Å². The normalized spacial score (nSPS) is 9.86. The van der Waals surface area contributed by atoms with Gasteiger partial charge in [-0.05, 0) is 5.56 Å². The number of nitrogens with two attached hydrogens (primary N) is 1. The first-order chi connectivity index (χ1) is 10.6. The third kappa shape index (κ3) is 3.95. The molecule has 2 aromatic rings. The summed E-state index contributed by atoms with van der Waals surface area (Å²) in [4.78, 5) is 26.0. The van der Waals surface area contributed by atoms with Crippen LogP contribution in [0.2, 0.25) is 0 Å². The number of carbonyl (C=O) groups excluding carboxylic acids is 2. The molecule has 1 aromatic heterocycles. The minimum absolute atomic E-state index is 0.109. The Labute approximate surface area is 126 Å². The Kier molecular flexibility index (Phi) is 4.92. The number of ether oxygens (including phenoxy) is 3. The molecular weight excluding hydrogens is 288 g/mol. The van der Waals surface area contributed by atoms with Crippen LogP contribution in [0.25, 0.3) is 0 Å². The molecule has 7 heteroatoms. The van der Waals surface area contributed by atoms with Crippen LogP contribution in [0.4, 0.5) is 4.79 Å². The van der Waals surface area contributed by atoms with Gasteiger partial charge in [-0.25, -0.2) is 14.6 Å². The van der Waals surface area contributed by atoms with Crippen molar-refractivity contribution in [1.82, 2.24) is 4.98 Å². The Morgan fingerprint density at radius 1 is 1.18 bits per heavy atom. The van der Waals surface area contributed by atoms with E-state index >= 15 is 0 Å². The molecule has 0 radical (unpaired) electrons. The number of methoxy groups -OCH3 is 1. The molecule has 0 saturated carbocycles. The first-order valence-electron chi connectivity index (χ1n) is 6.32. The lowest BCUT2D eigenvalue weighted by Crippen LogP contribution is -2.19. The number of aromatic nitrogens is 1. The van der Waals surface area contributed by atoms with Crippen LogP contribution in [0, 0.1) is 0 Å². The number of nitrogens with zero attached hydrogens (tertiary/aromatic N) is 1. The summed E-state index contributed by atoms with van der Waals surface area (Å²) < 4.78 is 15.0. The van der Waals surface area contributed by atoms with Crippen LogP contribution in [0.5, 0.6) is 11.5 Å². The van der Waals surface area contributed by atoms with Crippen molar-refractivity contribution in [3.8, 4) is 11.5 Å². The van der Waals surface area contributed by atoms with E-state index in [4.69, 9.17) is 15.2 Å². The van der Waals surface area contributed by atoms with Gasteiger partial charge in [-0.3, -0.25) is 0 Å². The van der Waals surface area contributed by atoms with E-state index in [0.29, 0.717) is 18.1 Å². The molecule has 0 bridgehead atoms. The summed E-state index contributed by atoms with van der Waals surface area (Å²) in [6.07, 6.45) is 0.120. The number of amides is 1. The van der Waals surface area contributed by atoms with Gasteiger partial charge in [-0.15, -0.1) is 0 Å². The Morgan fingerprint density at radius 3 is 2.55 bits per heavy atom. The average Bonchev–Trinajstić information content (AvgIpc) is 2.53. The molecule has 0 fully saturated rings. The SMILES string of the molecule is COc1cc(C(=O)OC(N)=O)ncc1OCc1ccccc1. The Bertz CT molecular complexity index is 673. The number of esters is 1. The zero-order chi connectivity index (χ0) is 15.9. The number of hydrogen-bond acceptors (Lipinski definition) is 6. The number of hydrogen-bond donors (Lipinski definition) is 1. The quantitative estimate of drug-likeness (QED) is 0.668. The van der Waals surface area contributed by atoms with E-state index in [9.17, 15) is 9.59 Å². The van der Waals surface area contributed by atoms with Gasteiger partial charge in [0.25, 0.3) is 0 Å². The van der Waals surface area contributed by atoms with E-state index in [0.717, 1.165) is 5.56 Å². The van der Waals surface area contributed by atoms with Gasteiger partial charge < -0.3 is 19.9 Å². The lowest BCUT2D eigenvalue weighted by molar-refractivity contribution is 0.0631. The highest BCUT2D eigenvalue weighted by atomic mass is 16.6. The Morgan fingerprint density at radius 2 is 1.91 bits per heavy atom. The number of carbonyl (C=O) groups is 2. The molecule has 0 aliphatic rings. The molecule has 1 amide bonds. The lowest BCUT2D eigenvalue weighted by Gasteiger charge is -2.11. The van der Waals surface area contributed by atoms with E-state index in [1.54, 1.807) is 0 Å². The van der Waals surface area contributed by atoms with Crippen LogP contribution in [-0.4, -0.2) is 24.2 Å². The highest BCUT2D eigenvalue weighted by molar-refractivity contribution is 5.94. The second-order valence-electron chi connectivity index (χ2n) is 4.20. The number of pyridine rings is 1. The van der Waals surface area contributed by atoms with Crippen molar-refractivity contribution in [2.75, 3.05) is 7.11 Å². The minimum atomic E-state index is -1.20. The third-order valence-electron chi connectivity index (χ3n) is 2.69. The van der Waals surface area contributed by atoms with Gasteiger partial charge in [0, 0.05) is 6.07 Å². The van der Waals surface area contributed by atoms with Crippen LogP contribution < -0.4 is 15.2 Å². The minimum Gasteiger partial charge on any atom is -0.493 e. The van der Waals surface area contributed by atoms with Gasteiger partial charge in [0.1, 0.15) is 6.61 Å². The van der Waals surface area contributed by atoms with Crippen molar-refractivity contribution >= 4 is 12.1 Å². The smallest absolute Gasteiger partial charge is 0.412 e. The fourth-order valence-electron chi connectivity index (χ4n) is 1.68. The fraction of sp³-hybridized carbons (Fsp3) is 0.133. The summed E-state index contributed by atoms with van der Waals surface area (Å²) in [6.45, 7) is 0.323. The largest absolute Gasteiger partial charge is 0.493 e. The predicted molar refractivity (Wildman–Crippen MR) is 76.6 cm³/mol. The van der Waals surface area contributed by atoms with E-state index in [2.05, 4.69) is 9.72 Å². The molecule has 0 aliphatic heterocycles. The van der Waals surface area contributed by atoms with Crippen LogP contribution in [0.3, 0.4) is 0 Å². The molecule has 0 unspecified atom stereocenters. The molecule has 0 atom stereocenters. The van der Waals surface area contributed by atoms with Gasteiger partial charge in [0.15, 0.2) is 17.2 Å². The van der Waals surface area contributed by atoms with Gasteiger partial charge in [-0.1, -0.05) is 30.3 Å². The second-order valence-corrected chi connectivity index (χ2v) is 4.20. The fourth-order valence-corrected chi connectivity index (χ4v) is 1.68. The number of benzene rings is 1. The van der Waals surface area contributed by atoms with E-state index in [-0.39, 0.29) is 5.69 Å². The molecule has 1 aromatic carbocycles. The lowest BCUT2D eigenvalue weighted by atomic mass is 10.2. The maximum Gasteiger partial charge on any atom is 0.412 e. The molecule has 0 aliphatic carbocycles. The number of primary amides is 1. The first-order valence-corrected chi connectivity index (χ1v) is 6.32. The summed E-state index contributed by atoms with van der Waals surface area (Å²) in [5, 5.41) is 0. The monoisotopic (exact) mass is 302 g/mol. The van der Waals surface area contributed by atoms with E-state index < -0.39 is 12.1 Å². The molecule has 0 saturated heterocycles. The summed E-state index contributed by atoms with van der Waals surface area (Å²) in [5.41, 5.74) is 5.64. The Hall–Kier alpha value is -3.09. The summed E-state index contributed by atoms with van der Waals surface area (Å²) in [5.74, 6) is -0.301. The third-order valence-corrected chi connectivity index (χ3v) is 2.69. The molecule has 2 rings (SSSR count). The van der Waals surface area contributed by atoms with Crippen molar-refractivity contribution in [3.63, 3.8) is 0 Å². The first kappa shape index (κ1) is 15.3. The van der Waals surface area contributed by atoms with Crippen molar-refractivity contribution < 1.29 is 23.8 Å². The summed E-state index contributed by atoms with van der Waals surface area (Å²) in [7, 11) is 1.42. The maximum absolute atomic E-state index is 11.5. The summed E-state index contributed by atoms with van der Waals surface area (Å²) in [6, 6.07) is 10.8. The maximum atomic E-state index is 11.5. The van der Waals surface area contributed by atoms with Crippen LogP contribution in [-0.2, 0) is 11.3 Å². The topological polar surface area (TPSA) is 101 Å². The van der Waals surface area contributed by atoms with Crippen LogP contribution in [0.15, 0.2) is 42.6 Å². The predicted octanol–water partition coefficient (Wildman–Crippen LogP) is 1.90. The standard InChI is InChI=1S/C15H14N2O5/c1-20-12-7-11(14(18)22-15(16)19)17-8-13(12)21-9-10-5-3-2-4-6-10/h2-8H,9H2,1H3,(H2,16,19). The average molecular weight is 302 g/mol. The highest BCUT2D eigenvalue weighted by Crippen LogP contribution is 2.27. The Balaban J connectivity index is 2.12. The van der Waals surface area contributed by atoms with E-state index in [1.165, 1.54) is 19.4 Å². The molecule has 1 heterocycles. The number of rotatable bonds is 5. The molecule has 114 valence electrons. The van der Waals surface area contributed by atoms with Crippen molar-refractivity contribution in [2.24, 2.45) is 5.73 Å². The van der Waals surface area contributed by atoms with Crippen molar-refractivity contribution in [2.45, 2.75) is 6.61 Å². The van der Waals surface area contributed by atoms with Gasteiger partial charge in [-0.2, -0.15) is 0 Å². The molecule has 2 N–H and O–H groups in total. The van der Waals surface area contributed by atoms with E-state index in [1.807, 2.05) is 30.3 Å². The van der Waals surface area contributed by atoms with Gasteiger partial charge in [0.05, 0.1) is 13.3 Å². The molecular formula is C15H14N2O5. The van der Waals surface area contributed by atoms with Crippen molar-refractivity contribution in [1.29, 1.82) is 0 Å². The zero-order valence-electron chi connectivity index (χ0n) is 11.8. The second kappa shape index (κ2) is 7.07.